The van der Waals surface area contributed by atoms with Crippen LogP contribution in [0.2, 0.25) is 0 Å². The normalized spacial score (nSPS) is 10.5. The second-order valence-corrected chi connectivity index (χ2v) is 6.56. The number of hydrogen-bond donors (Lipinski definition) is 3. The summed E-state index contributed by atoms with van der Waals surface area (Å²) in [5.74, 6) is -1.25. The first-order valence-corrected chi connectivity index (χ1v) is 9.25. The zero-order chi connectivity index (χ0) is 21.5. The summed E-state index contributed by atoms with van der Waals surface area (Å²) in [5.41, 5.74) is 2.11. The van der Waals surface area contributed by atoms with Crippen molar-refractivity contribution < 1.29 is 23.8 Å². The molecule has 3 rings (SSSR count). The maximum absolute atomic E-state index is 14.1. The molecule has 3 aromatic rings. The van der Waals surface area contributed by atoms with Crippen LogP contribution in [0.25, 0.3) is 11.1 Å². The number of hydrogen-bond acceptors (Lipinski definition) is 4. The number of carbonyl (C=O) groups excluding carboxylic acids is 2. The van der Waals surface area contributed by atoms with Crippen LogP contribution in [0.5, 0.6) is 5.75 Å². The Morgan fingerprint density at radius 1 is 0.933 bits per heavy atom. The summed E-state index contributed by atoms with van der Waals surface area (Å²) in [6, 6.07) is 16.7. The van der Waals surface area contributed by atoms with Gasteiger partial charge in [0.25, 0.3) is 11.8 Å². The van der Waals surface area contributed by atoms with Gasteiger partial charge in [-0.05, 0) is 65.7 Å². The molecule has 0 spiro atoms. The van der Waals surface area contributed by atoms with Crippen molar-refractivity contribution in [2.24, 2.45) is 0 Å². The number of anilines is 1. The number of ether oxygens (including phenoxy) is 1. The third kappa shape index (κ3) is 5.42. The highest BCUT2D eigenvalue weighted by Gasteiger charge is 2.12. The molecular formula is C23H21FN2O4. The van der Waals surface area contributed by atoms with Gasteiger partial charge in [-0.25, -0.2) is 4.39 Å². The van der Waals surface area contributed by atoms with E-state index in [9.17, 15) is 19.1 Å². The van der Waals surface area contributed by atoms with Crippen molar-refractivity contribution in [1.29, 1.82) is 0 Å². The summed E-state index contributed by atoms with van der Waals surface area (Å²) in [5, 5.41) is 15.0. The van der Waals surface area contributed by atoms with Gasteiger partial charge in [0.2, 0.25) is 0 Å². The van der Waals surface area contributed by atoms with Crippen LogP contribution in [0.3, 0.4) is 0 Å². The van der Waals surface area contributed by atoms with E-state index >= 15 is 0 Å². The van der Waals surface area contributed by atoms with Crippen molar-refractivity contribution in [2.75, 3.05) is 25.6 Å². The highest BCUT2D eigenvalue weighted by atomic mass is 19.1. The molecule has 0 aliphatic heterocycles. The van der Waals surface area contributed by atoms with Crippen LogP contribution in [0.15, 0.2) is 66.7 Å². The smallest absolute Gasteiger partial charge is 0.255 e. The third-order valence-corrected chi connectivity index (χ3v) is 4.34. The van der Waals surface area contributed by atoms with Crippen LogP contribution in [-0.4, -0.2) is 37.2 Å². The lowest BCUT2D eigenvalue weighted by Gasteiger charge is -2.09. The summed E-state index contributed by atoms with van der Waals surface area (Å²) >= 11 is 0. The van der Waals surface area contributed by atoms with E-state index in [0.717, 1.165) is 6.07 Å². The molecule has 30 heavy (non-hydrogen) atoms. The molecule has 6 nitrogen and oxygen atoms in total. The first-order chi connectivity index (χ1) is 14.5. The summed E-state index contributed by atoms with van der Waals surface area (Å²) in [6.45, 7) is 0.813. The lowest BCUT2D eigenvalue weighted by atomic mass is 10.0. The van der Waals surface area contributed by atoms with Gasteiger partial charge < -0.3 is 20.5 Å². The molecule has 0 fully saturated rings. The Kier molecular flexibility index (Phi) is 6.77. The SMILES string of the molecule is COCCNC(=O)c1ccc(NC(=O)c2cc(F)cc(-c3cccc(O)c3)c2)cc1. The van der Waals surface area contributed by atoms with Gasteiger partial charge in [0.05, 0.1) is 6.61 Å². The van der Waals surface area contributed by atoms with Crippen LogP contribution >= 0.6 is 0 Å². The maximum Gasteiger partial charge on any atom is 0.255 e. The number of halogens is 1. The van der Waals surface area contributed by atoms with E-state index < -0.39 is 11.7 Å². The molecule has 0 saturated carbocycles. The van der Waals surface area contributed by atoms with E-state index in [0.29, 0.717) is 35.5 Å². The quantitative estimate of drug-likeness (QED) is 0.519. The van der Waals surface area contributed by atoms with E-state index in [-0.39, 0.29) is 17.2 Å². The summed E-state index contributed by atoms with van der Waals surface area (Å²) in [7, 11) is 1.55. The minimum atomic E-state index is -0.566. The first-order valence-electron chi connectivity index (χ1n) is 9.25. The van der Waals surface area contributed by atoms with Gasteiger partial charge in [0.15, 0.2) is 0 Å². The van der Waals surface area contributed by atoms with Gasteiger partial charge >= 0.3 is 0 Å². The van der Waals surface area contributed by atoms with Crippen LogP contribution < -0.4 is 10.6 Å². The number of carbonyl (C=O) groups is 2. The fraction of sp³-hybridized carbons (Fsp3) is 0.130. The van der Waals surface area contributed by atoms with Crippen LogP contribution in [0.1, 0.15) is 20.7 Å². The minimum absolute atomic E-state index is 0.0501. The molecule has 3 aromatic carbocycles. The largest absolute Gasteiger partial charge is 0.508 e. The number of aromatic hydroxyl groups is 1. The van der Waals surface area contributed by atoms with Crippen molar-refractivity contribution >= 4 is 17.5 Å². The van der Waals surface area contributed by atoms with Crippen molar-refractivity contribution in [3.8, 4) is 16.9 Å². The van der Waals surface area contributed by atoms with Gasteiger partial charge in [-0.15, -0.1) is 0 Å². The Bertz CT molecular complexity index is 1050. The highest BCUT2D eigenvalue weighted by molar-refractivity contribution is 6.05. The van der Waals surface area contributed by atoms with Crippen molar-refractivity contribution in [3.63, 3.8) is 0 Å². The van der Waals surface area contributed by atoms with Crippen LogP contribution in [-0.2, 0) is 4.74 Å². The highest BCUT2D eigenvalue weighted by Crippen LogP contribution is 2.25. The minimum Gasteiger partial charge on any atom is -0.508 e. The van der Waals surface area contributed by atoms with Gasteiger partial charge in [0.1, 0.15) is 11.6 Å². The zero-order valence-electron chi connectivity index (χ0n) is 16.3. The first kappa shape index (κ1) is 21.0. The van der Waals surface area contributed by atoms with E-state index in [1.165, 1.54) is 18.2 Å². The number of phenols is 1. The fourth-order valence-electron chi connectivity index (χ4n) is 2.85. The van der Waals surface area contributed by atoms with E-state index in [1.54, 1.807) is 49.6 Å². The Hall–Kier alpha value is -3.71. The molecule has 2 amide bonds. The topological polar surface area (TPSA) is 87.7 Å². The molecule has 0 bridgehead atoms. The van der Waals surface area contributed by atoms with Crippen molar-refractivity contribution in [2.45, 2.75) is 0 Å². The van der Waals surface area contributed by atoms with E-state index in [4.69, 9.17) is 4.74 Å². The number of benzene rings is 3. The maximum atomic E-state index is 14.1. The molecule has 7 heteroatoms. The molecule has 0 radical (unpaired) electrons. The third-order valence-electron chi connectivity index (χ3n) is 4.34. The predicted molar refractivity (Wildman–Crippen MR) is 112 cm³/mol. The van der Waals surface area contributed by atoms with Gasteiger partial charge in [-0.1, -0.05) is 12.1 Å². The molecular weight excluding hydrogens is 387 g/mol. The number of nitrogens with one attached hydrogen (secondary N) is 2. The molecule has 0 aliphatic carbocycles. The molecule has 0 heterocycles. The molecule has 0 atom stereocenters. The Labute approximate surface area is 173 Å². The lowest BCUT2D eigenvalue weighted by Crippen LogP contribution is -2.26. The summed E-state index contributed by atoms with van der Waals surface area (Å²) < 4.78 is 19.0. The standard InChI is InChI=1S/C23H21FN2O4/c1-30-10-9-25-22(28)15-5-7-20(8-6-15)26-23(29)18-11-17(12-19(24)13-18)16-3-2-4-21(27)14-16/h2-8,11-14,27H,9-10H2,1H3,(H,25,28)(H,26,29). The Balaban J connectivity index is 1.72. The Morgan fingerprint density at radius 3 is 2.40 bits per heavy atom. The fourth-order valence-corrected chi connectivity index (χ4v) is 2.85. The average Bonchev–Trinajstić information content (AvgIpc) is 2.74. The molecule has 3 N–H and O–H groups in total. The monoisotopic (exact) mass is 408 g/mol. The van der Waals surface area contributed by atoms with Crippen LogP contribution in [0, 0.1) is 5.82 Å². The Morgan fingerprint density at radius 2 is 1.70 bits per heavy atom. The predicted octanol–water partition coefficient (Wildman–Crippen LogP) is 3.83. The number of methoxy groups -OCH3 is 1. The second-order valence-electron chi connectivity index (χ2n) is 6.56. The summed E-state index contributed by atoms with van der Waals surface area (Å²) in [4.78, 5) is 24.6. The zero-order valence-corrected chi connectivity index (χ0v) is 16.3. The van der Waals surface area contributed by atoms with E-state index in [2.05, 4.69) is 10.6 Å². The van der Waals surface area contributed by atoms with Crippen molar-refractivity contribution in [3.05, 3.63) is 83.7 Å². The van der Waals surface area contributed by atoms with E-state index in [1.807, 2.05) is 0 Å². The van der Waals surface area contributed by atoms with Crippen LogP contribution in [0.4, 0.5) is 10.1 Å². The molecule has 0 unspecified atom stereocenters. The number of rotatable bonds is 7. The molecule has 0 aromatic heterocycles. The molecule has 154 valence electrons. The van der Waals surface area contributed by atoms with Crippen molar-refractivity contribution in [1.82, 2.24) is 5.32 Å². The molecule has 0 saturated heterocycles. The number of phenolic OH excluding ortho intramolecular Hbond substituents is 1. The number of amides is 2. The second kappa shape index (κ2) is 9.67. The van der Waals surface area contributed by atoms with Gasteiger partial charge in [-0.2, -0.15) is 0 Å². The average molecular weight is 408 g/mol. The summed E-state index contributed by atoms with van der Waals surface area (Å²) in [6.07, 6.45) is 0. The van der Waals surface area contributed by atoms with Gasteiger partial charge in [0, 0.05) is 30.5 Å². The molecule has 0 aliphatic rings. The lowest BCUT2D eigenvalue weighted by molar-refractivity contribution is 0.0936. The van der Waals surface area contributed by atoms with Gasteiger partial charge in [-0.3, -0.25) is 9.59 Å².